The Morgan fingerprint density at radius 3 is 1.61 bits per heavy atom. The molecule has 3 fully saturated rings. The summed E-state index contributed by atoms with van der Waals surface area (Å²) in [4.78, 5) is 0. The molecule has 3 heterocycles. The van der Waals surface area contributed by atoms with Crippen molar-refractivity contribution in [3.63, 3.8) is 0 Å². The average Bonchev–Trinajstić information content (AvgIpc) is 3.63. The van der Waals surface area contributed by atoms with E-state index < -0.39 is 108 Å². The van der Waals surface area contributed by atoms with Gasteiger partial charge in [-0.25, -0.2) is 9.13 Å². The number of rotatable bonds is 17. The van der Waals surface area contributed by atoms with E-state index in [9.17, 15) is 24.8 Å². The first-order chi connectivity index (χ1) is 22.7. The van der Waals surface area contributed by atoms with E-state index in [0.717, 1.165) is 0 Å². The van der Waals surface area contributed by atoms with Crippen molar-refractivity contribution < 1.29 is 59.7 Å². The normalized spacial score (nSPS) is 36.8. The maximum absolute atomic E-state index is 14.3. The van der Waals surface area contributed by atoms with Gasteiger partial charge in [0.1, 0.15) is 18.3 Å². The molecule has 16 heteroatoms. The van der Waals surface area contributed by atoms with Gasteiger partial charge in [-0.05, 0) is 23.7 Å². The SMILES string of the molecule is [3H]C1CC(O)C(COP(=O)(OC2CC([3H])OC2COP(=O)(OC2CC([3H])OC2CC)OC(CC#N)C(C)(C)C)OC(CC#N)C(C)(C)C)O1. The molecule has 13 unspecified atom stereocenters. The predicted molar refractivity (Wildman–Crippen MR) is 165 cm³/mol. The number of hydrogen-bond acceptors (Lipinski definition) is 14. The lowest BCUT2D eigenvalue weighted by Crippen LogP contribution is -2.34. The number of aliphatic hydroxyl groups excluding tert-OH is 1. The zero-order valence-electron chi connectivity index (χ0n) is 30.7. The van der Waals surface area contributed by atoms with Crippen LogP contribution >= 0.6 is 15.6 Å². The second-order valence-electron chi connectivity index (χ2n) is 13.6. The highest BCUT2D eigenvalue weighted by molar-refractivity contribution is 7.48. The van der Waals surface area contributed by atoms with E-state index >= 15 is 0 Å². The zero-order chi connectivity index (χ0) is 36.8. The number of ether oxygens (including phenoxy) is 3. The standard InChI is InChI=1S/C30H52N2O12P2/c1-8-22-23(12-17-36-22)41-46(35,44-28(10-15-32)30(5,6)7)40-20-26-24(13-18-38-26)42-45(34,39-19-25-21(33)11-16-37-25)43-27(9-14-31)29(2,3)4/h21-28,33H,8-13,16-20H2,1-7H3/i16T,17T,18T. The van der Waals surface area contributed by atoms with E-state index in [4.69, 9.17) is 45.5 Å². The third kappa shape index (κ3) is 11.6. The Labute approximate surface area is 277 Å². The first-order valence-corrected chi connectivity index (χ1v) is 18.5. The van der Waals surface area contributed by atoms with Crippen LogP contribution < -0.4 is 0 Å². The van der Waals surface area contributed by atoms with E-state index in [0.29, 0.717) is 6.42 Å². The monoisotopic (exact) mass is 700 g/mol. The van der Waals surface area contributed by atoms with Crippen molar-refractivity contribution in [3.8, 4) is 12.1 Å². The molecule has 0 bridgehead atoms. The van der Waals surface area contributed by atoms with Crippen LogP contribution in [0.25, 0.3) is 0 Å². The van der Waals surface area contributed by atoms with Gasteiger partial charge in [-0.2, -0.15) is 10.5 Å². The number of aliphatic hydroxyl groups is 1. The first-order valence-electron chi connectivity index (χ1n) is 17.3. The van der Waals surface area contributed by atoms with Gasteiger partial charge in [0.15, 0.2) is 0 Å². The number of phosphoric acid groups is 2. The Bertz CT molecular complexity index is 1260. The molecule has 0 radical (unpaired) electrons. The van der Waals surface area contributed by atoms with Gasteiger partial charge in [0.05, 0.1) is 72.8 Å². The molecule has 46 heavy (non-hydrogen) atoms. The van der Waals surface area contributed by atoms with Gasteiger partial charge in [-0.1, -0.05) is 48.5 Å². The summed E-state index contributed by atoms with van der Waals surface area (Å²) >= 11 is 0. The van der Waals surface area contributed by atoms with Crippen LogP contribution in [0.1, 0.15) is 91.1 Å². The molecule has 1 N–H and O–H groups in total. The minimum Gasteiger partial charge on any atom is -0.390 e. The van der Waals surface area contributed by atoms with Crippen LogP contribution in [0, 0.1) is 33.5 Å². The number of nitrogens with zero attached hydrogens (tertiary/aromatic N) is 2. The zero-order valence-corrected chi connectivity index (χ0v) is 29.5. The highest BCUT2D eigenvalue weighted by Crippen LogP contribution is 2.57. The number of hydrogen-bond donors (Lipinski definition) is 1. The molecule has 0 aliphatic carbocycles. The van der Waals surface area contributed by atoms with Crippen molar-refractivity contribution in [2.75, 3.05) is 33.0 Å². The lowest BCUT2D eigenvalue weighted by atomic mass is 9.88. The number of nitriles is 2. The molecule has 3 saturated heterocycles. The van der Waals surface area contributed by atoms with Gasteiger partial charge >= 0.3 is 15.6 Å². The van der Waals surface area contributed by atoms with Crippen molar-refractivity contribution in [1.29, 1.82) is 10.5 Å². The largest absolute Gasteiger partial charge is 0.475 e. The summed E-state index contributed by atoms with van der Waals surface area (Å²) in [5, 5.41) is 29.2. The van der Waals surface area contributed by atoms with Gasteiger partial charge < -0.3 is 19.3 Å². The summed E-state index contributed by atoms with van der Waals surface area (Å²) in [7, 11) is -9.11. The molecule has 0 amide bonds. The summed E-state index contributed by atoms with van der Waals surface area (Å²) < 4.78 is 104. The van der Waals surface area contributed by atoms with Gasteiger partial charge in [-0.3, -0.25) is 27.1 Å². The summed E-state index contributed by atoms with van der Waals surface area (Å²) in [5.41, 5.74) is -1.34. The molecule has 0 saturated carbocycles. The first kappa shape index (κ1) is 34.9. The Hall–Kier alpha value is -0.960. The molecule has 0 aromatic carbocycles. The summed E-state index contributed by atoms with van der Waals surface area (Å²) in [5.74, 6) is 0. The molecular weight excluding hydrogens is 642 g/mol. The maximum Gasteiger partial charge on any atom is 0.475 e. The third-order valence-corrected chi connectivity index (χ3v) is 10.8. The molecule has 3 rings (SSSR count). The molecule has 3 aliphatic heterocycles. The van der Waals surface area contributed by atoms with Crippen LogP contribution in [0.4, 0.5) is 0 Å². The molecule has 0 aromatic rings. The highest BCUT2D eigenvalue weighted by atomic mass is 31.2. The second-order valence-corrected chi connectivity index (χ2v) is 16.8. The van der Waals surface area contributed by atoms with E-state index in [1.807, 2.05) is 19.1 Å². The van der Waals surface area contributed by atoms with Gasteiger partial charge in [0.25, 0.3) is 0 Å². The van der Waals surface area contributed by atoms with Crippen molar-refractivity contribution in [2.24, 2.45) is 10.8 Å². The second kappa shape index (κ2) is 17.1. The highest BCUT2D eigenvalue weighted by Gasteiger charge is 2.46. The Morgan fingerprint density at radius 2 is 1.20 bits per heavy atom. The predicted octanol–water partition coefficient (Wildman–Crippen LogP) is 5.83. The van der Waals surface area contributed by atoms with Crippen LogP contribution in [0.15, 0.2) is 0 Å². The van der Waals surface area contributed by atoms with Crippen molar-refractivity contribution in [1.82, 2.24) is 0 Å². The Balaban J connectivity index is 1.86. The Morgan fingerprint density at radius 1 is 0.783 bits per heavy atom. The van der Waals surface area contributed by atoms with Crippen LogP contribution in [0.5, 0.6) is 0 Å². The van der Waals surface area contributed by atoms with Crippen LogP contribution in [0.2, 0.25) is 0 Å². The minimum absolute atomic E-state index is 0.0264. The molecule has 3 aliphatic rings. The molecule has 14 nitrogen and oxygen atoms in total. The van der Waals surface area contributed by atoms with Crippen molar-refractivity contribution in [3.05, 3.63) is 0 Å². The smallest absolute Gasteiger partial charge is 0.390 e. The fourth-order valence-electron chi connectivity index (χ4n) is 4.74. The molecule has 0 spiro atoms. The molecule has 13 atom stereocenters. The van der Waals surface area contributed by atoms with Gasteiger partial charge in [-0.15, -0.1) is 0 Å². The van der Waals surface area contributed by atoms with Crippen LogP contribution in [-0.4, -0.2) is 86.9 Å². The Kier molecular flexibility index (Phi) is 13.0. The summed E-state index contributed by atoms with van der Waals surface area (Å²) in [6.07, 6.45) is -7.38. The lowest BCUT2D eigenvalue weighted by Gasteiger charge is -2.34. The maximum atomic E-state index is 14.3. The van der Waals surface area contributed by atoms with E-state index in [1.54, 1.807) is 41.5 Å². The summed E-state index contributed by atoms with van der Waals surface area (Å²) in [6, 6.07) is 4.04. The van der Waals surface area contributed by atoms with Gasteiger partial charge in [0, 0.05) is 32.6 Å². The summed E-state index contributed by atoms with van der Waals surface area (Å²) in [6.45, 7) is 8.50. The average molecular weight is 701 g/mol. The van der Waals surface area contributed by atoms with Gasteiger partial charge in [0.2, 0.25) is 0 Å². The minimum atomic E-state index is -4.60. The molecular formula is C30H52N2O12P2. The van der Waals surface area contributed by atoms with E-state index in [1.165, 1.54) is 0 Å². The number of phosphoric ester groups is 2. The fourth-order valence-corrected chi connectivity index (χ4v) is 8.25. The molecule has 264 valence electrons. The van der Waals surface area contributed by atoms with Crippen molar-refractivity contribution in [2.45, 2.75) is 136 Å². The van der Waals surface area contributed by atoms with Crippen LogP contribution in [0.3, 0.4) is 0 Å². The van der Waals surface area contributed by atoms with Crippen LogP contribution in [-0.2, 0) is 50.5 Å². The molecule has 0 aromatic heterocycles. The van der Waals surface area contributed by atoms with E-state index in [-0.39, 0.29) is 32.1 Å². The third-order valence-electron chi connectivity index (χ3n) is 7.79. The fraction of sp³-hybridized carbons (Fsp3) is 0.933. The van der Waals surface area contributed by atoms with E-state index in [2.05, 4.69) is 0 Å². The topological polar surface area (TPSA) is 185 Å². The lowest BCUT2D eigenvalue weighted by molar-refractivity contribution is -0.0473. The quantitative estimate of drug-likeness (QED) is 0.179. The van der Waals surface area contributed by atoms with Crippen molar-refractivity contribution >= 4 is 15.6 Å².